The Bertz CT molecular complexity index is 619. The van der Waals surface area contributed by atoms with Gasteiger partial charge < -0.3 is 4.90 Å². The normalized spacial score (nSPS) is 14.4. The SMILES string of the molecule is CCCCN(c1nc2ccccc2cc1C=O)C1CC1. The van der Waals surface area contributed by atoms with E-state index in [1.165, 1.54) is 12.8 Å². The van der Waals surface area contributed by atoms with E-state index in [1.807, 2.05) is 30.3 Å². The topological polar surface area (TPSA) is 33.2 Å². The molecule has 1 heterocycles. The highest BCUT2D eigenvalue weighted by Gasteiger charge is 2.31. The summed E-state index contributed by atoms with van der Waals surface area (Å²) in [4.78, 5) is 18.5. The fourth-order valence-corrected chi connectivity index (χ4v) is 2.61. The molecule has 1 aliphatic carbocycles. The number of anilines is 1. The molecule has 104 valence electrons. The number of benzene rings is 1. The first-order chi connectivity index (χ1) is 9.83. The maximum Gasteiger partial charge on any atom is 0.153 e. The highest BCUT2D eigenvalue weighted by Crippen LogP contribution is 2.33. The maximum atomic E-state index is 11.4. The number of fused-ring (bicyclic) bond motifs is 1. The quantitative estimate of drug-likeness (QED) is 0.747. The monoisotopic (exact) mass is 268 g/mol. The first-order valence-electron chi connectivity index (χ1n) is 7.45. The molecule has 3 heteroatoms. The van der Waals surface area contributed by atoms with Crippen molar-refractivity contribution in [1.82, 2.24) is 4.98 Å². The molecular weight excluding hydrogens is 248 g/mol. The van der Waals surface area contributed by atoms with Crippen molar-refractivity contribution >= 4 is 23.0 Å². The lowest BCUT2D eigenvalue weighted by molar-refractivity contribution is 0.112. The Labute approximate surface area is 119 Å². The van der Waals surface area contributed by atoms with Crippen LogP contribution in [0, 0.1) is 0 Å². The van der Waals surface area contributed by atoms with Gasteiger partial charge in [-0.2, -0.15) is 0 Å². The van der Waals surface area contributed by atoms with Crippen LogP contribution in [0.1, 0.15) is 43.0 Å². The number of hydrogen-bond acceptors (Lipinski definition) is 3. The highest BCUT2D eigenvalue weighted by atomic mass is 16.1. The zero-order valence-corrected chi connectivity index (χ0v) is 11.9. The standard InChI is InChI=1S/C17H20N2O/c1-2-3-10-19(15-8-9-15)17-14(12-20)11-13-6-4-5-7-16(13)18-17/h4-7,11-12,15H,2-3,8-10H2,1H3. The second kappa shape index (κ2) is 5.61. The smallest absolute Gasteiger partial charge is 0.153 e. The minimum absolute atomic E-state index is 0.578. The van der Waals surface area contributed by atoms with Crippen molar-refractivity contribution in [3.8, 4) is 0 Å². The van der Waals surface area contributed by atoms with Gasteiger partial charge in [0.2, 0.25) is 0 Å². The number of carbonyl (C=O) groups is 1. The summed E-state index contributed by atoms with van der Waals surface area (Å²) in [5.74, 6) is 0.870. The van der Waals surface area contributed by atoms with Gasteiger partial charge in [-0.05, 0) is 31.4 Å². The molecule has 3 nitrogen and oxygen atoms in total. The molecule has 0 saturated heterocycles. The molecule has 0 radical (unpaired) electrons. The van der Waals surface area contributed by atoms with Gasteiger partial charge in [-0.25, -0.2) is 4.98 Å². The van der Waals surface area contributed by atoms with E-state index in [2.05, 4.69) is 11.8 Å². The van der Waals surface area contributed by atoms with Crippen LogP contribution in [0.25, 0.3) is 10.9 Å². The average molecular weight is 268 g/mol. The Morgan fingerprint density at radius 3 is 2.85 bits per heavy atom. The summed E-state index contributed by atoms with van der Waals surface area (Å²) in [5.41, 5.74) is 1.68. The summed E-state index contributed by atoms with van der Waals surface area (Å²) >= 11 is 0. The first kappa shape index (κ1) is 13.1. The summed E-state index contributed by atoms with van der Waals surface area (Å²) in [6.45, 7) is 3.19. The molecule has 0 atom stereocenters. The van der Waals surface area contributed by atoms with Crippen LogP contribution in [0.2, 0.25) is 0 Å². The molecule has 20 heavy (non-hydrogen) atoms. The summed E-state index contributed by atoms with van der Waals surface area (Å²) in [7, 11) is 0. The van der Waals surface area contributed by atoms with Crippen LogP contribution in [0.15, 0.2) is 30.3 Å². The minimum Gasteiger partial charge on any atom is -0.353 e. The van der Waals surface area contributed by atoms with Crippen LogP contribution in [0.4, 0.5) is 5.82 Å². The molecule has 1 aliphatic rings. The van der Waals surface area contributed by atoms with Crippen molar-refractivity contribution in [2.75, 3.05) is 11.4 Å². The van der Waals surface area contributed by atoms with Crippen LogP contribution in [0.3, 0.4) is 0 Å². The average Bonchev–Trinajstić information content (AvgIpc) is 3.31. The van der Waals surface area contributed by atoms with E-state index >= 15 is 0 Å². The van der Waals surface area contributed by atoms with Gasteiger partial charge in [0.1, 0.15) is 5.82 Å². The van der Waals surface area contributed by atoms with E-state index in [9.17, 15) is 4.79 Å². The third-order valence-corrected chi connectivity index (χ3v) is 3.87. The lowest BCUT2D eigenvalue weighted by Crippen LogP contribution is -2.28. The van der Waals surface area contributed by atoms with Gasteiger partial charge in [-0.15, -0.1) is 0 Å². The summed E-state index contributed by atoms with van der Waals surface area (Å²) in [5, 5.41) is 1.03. The lowest BCUT2D eigenvalue weighted by Gasteiger charge is -2.25. The van der Waals surface area contributed by atoms with E-state index in [-0.39, 0.29) is 0 Å². The number of aldehydes is 1. The van der Waals surface area contributed by atoms with Crippen molar-refractivity contribution < 1.29 is 4.79 Å². The van der Waals surface area contributed by atoms with Crippen molar-refractivity contribution in [2.45, 2.75) is 38.6 Å². The Hall–Kier alpha value is -1.90. The third-order valence-electron chi connectivity index (χ3n) is 3.87. The predicted molar refractivity (Wildman–Crippen MR) is 82.4 cm³/mol. The highest BCUT2D eigenvalue weighted by molar-refractivity contribution is 5.91. The van der Waals surface area contributed by atoms with Crippen LogP contribution in [-0.2, 0) is 0 Å². The van der Waals surface area contributed by atoms with Crippen LogP contribution in [-0.4, -0.2) is 23.9 Å². The molecule has 0 N–H and O–H groups in total. The van der Waals surface area contributed by atoms with Gasteiger partial charge in [0.15, 0.2) is 6.29 Å². The third kappa shape index (κ3) is 2.53. The fraction of sp³-hybridized carbons (Fsp3) is 0.412. The number of rotatable bonds is 6. The van der Waals surface area contributed by atoms with Crippen molar-refractivity contribution in [3.63, 3.8) is 0 Å². The van der Waals surface area contributed by atoms with E-state index in [4.69, 9.17) is 4.98 Å². The summed E-state index contributed by atoms with van der Waals surface area (Å²) in [6, 6.07) is 10.5. The van der Waals surface area contributed by atoms with Crippen molar-refractivity contribution in [2.24, 2.45) is 0 Å². The number of unbranched alkanes of at least 4 members (excludes halogenated alkanes) is 1. The number of para-hydroxylation sites is 1. The lowest BCUT2D eigenvalue weighted by atomic mass is 10.1. The Kier molecular flexibility index (Phi) is 3.68. The van der Waals surface area contributed by atoms with Crippen LogP contribution in [0.5, 0.6) is 0 Å². The molecule has 0 bridgehead atoms. The molecule has 2 aromatic rings. The van der Waals surface area contributed by atoms with E-state index in [0.29, 0.717) is 11.6 Å². The number of hydrogen-bond donors (Lipinski definition) is 0. The second-order valence-corrected chi connectivity index (χ2v) is 5.49. The number of carbonyl (C=O) groups excluding carboxylic acids is 1. The largest absolute Gasteiger partial charge is 0.353 e. The predicted octanol–water partition coefficient (Wildman–Crippen LogP) is 3.82. The Balaban J connectivity index is 2.04. The van der Waals surface area contributed by atoms with Gasteiger partial charge in [0.25, 0.3) is 0 Å². The number of nitrogens with zero attached hydrogens (tertiary/aromatic N) is 2. The summed E-state index contributed by atoms with van der Waals surface area (Å²) in [6.07, 6.45) is 5.68. The van der Waals surface area contributed by atoms with Gasteiger partial charge in [-0.3, -0.25) is 4.79 Å². The van der Waals surface area contributed by atoms with Crippen molar-refractivity contribution in [1.29, 1.82) is 0 Å². The number of aromatic nitrogens is 1. The van der Waals surface area contributed by atoms with E-state index in [1.54, 1.807) is 0 Å². The molecule has 0 amide bonds. The molecule has 3 rings (SSSR count). The van der Waals surface area contributed by atoms with Gasteiger partial charge in [-0.1, -0.05) is 31.5 Å². The molecule has 1 aromatic heterocycles. The first-order valence-corrected chi connectivity index (χ1v) is 7.45. The van der Waals surface area contributed by atoms with Gasteiger partial charge >= 0.3 is 0 Å². The fourth-order valence-electron chi connectivity index (χ4n) is 2.61. The Morgan fingerprint density at radius 2 is 2.15 bits per heavy atom. The zero-order valence-electron chi connectivity index (χ0n) is 11.9. The van der Waals surface area contributed by atoms with Crippen molar-refractivity contribution in [3.05, 3.63) is 35.9 Å². The van der Waals surface area contributed by atoms with E-state index in [0.717, 1.165) is 42.4 Å². The number of pyridine rings is 1. The molecule has 0 unspecified atom stereocenters. The molecule has 0 aliphatic heterocycles. The van der Waals surface area contributed by atoms with E-state index < -0.39 is 0 Å². The van der Waals surface area contributed by atoms with Crippen LogP contribution >= 0.6 is 0 Å². The van der Waals surface area contributed by atoms with Crippen LogP contribution < -0.4 is 4.90 Å². The zero-order chi connectivity index (χ0) is 13.9. The molecule has 1 aromatic carbocycles. The molecule has 1 saturated carbocycles. The Morgan fingerprint density at radius 1 is 1.35 bits per heavy atom. The molecule has 0 spiro atoms. The maximum absolute atomic E-state index is 11.4. The molecular formula is C17H20N2O. The van der Waals surface area contributed by atoms with Gasteiger partial charge in [0, 0.05) is 18.0 Å². The second-order valence-electron chi connectivity index (χ2n) is 5.49. The summed E-state index contributed by atoms with van der Waals surface area (Å²) < 4.78 is 0. The van der Waals surface area contributed by atoms with Gasteiger partial charge in [0.05, 0.1) is 11.1 Å². The minimum atomic E-state index is 0.578. The molecule has 1 fully saturated rings.